The Kier molecular flexibility index (Phi) is 7.75. The number of hydrogen-bond donors (Lipinski definition) is 1. The summed E-state index contributed by atoms with van der Waals surface area (Å²) in [6, 6.07) is 0.676. The van der Waals surface area contributed by atoms with E-state index < -0.39 is 0 Å². The van der Waals surface area contributed by atoms with Crippen LogP contribution in [0.3, 0.4) is 0 Å². The molecule has 1 N–H and O–H groups in total. The molecule has 1 heterocycles. The average molecular weight is 254 g/mol. The van der Waals surface area contributed by atoms with Gasteiger partial charge in [-0.1, -0.05) is 19.8 Å². The molecule has 0 bridgehead atoms. The summed E-state index contributed by atoms with van der Waals surface area (Å²) in [5, 5.41) is 3.66. The van der Waals surface area contributed by atoms with E-state index in [9.17, 15) is 0 Å². The number of hydrogen-bond acceptors (Lipinski definition) is 3. The molecular weight excluding hydrogens is 228 g/mol. The maximum Gasteiger partial charge on any atom is 0.0545 e. The fourth-order valence-electron chi connectivity index (χ4n) is 2.33. The Hall–Kier alpha value is -0.170. The van der Waals surface area contributed by atoms with Crippen LogP contribution in [-0.2, 0) is 0 Å². The fourth-order valence-corrected chi connectivity index (χ4v) is 2.98. The van der Waals surface area contributed by atoms with Crippen molar-refractivity contribution in [3.8, 4) is 12.3 Å². The maximum absolute atomic E-state index is 5.26. The Morgan fingerprint density at radius 3 is 3.06 bits per heavy atom. The summed E-state index contributed by atoms with van der Waals surface area (Å²) < 4.78 is 0. The Bertz CT molecular complexity index is 235. The molecule has 0 aromatic rings. The number of thioether (sulfide) groups is 1. The number of terminal acetylenes is 1. The van der Waals surface area contributed by atoms with Crippen LogP contribution in [0, 0.1) is 18.3 Å². The summed E-state index contributed by atoms with van der Waals surface area (Å²) in [7, 11) is 0. The first-order valence-electron chi connectivity index (χ1n) is 6.69. The van der Waals surface area contributed by atoms with Gasteiger partial charge in [-0.05, 0) is 31.8 Å². The molecule has 2 nitrogen and oxygen atoms in total. The van der Waals surface area contributed by atoms with Gasteiger partial charge in [-0.3, -0.25) is 0 Å². The molecule has 0 radical (unpaired) electrons. The van der Waals surface area contributed by atoms with Gasteiger partial charge in [0.05, 0.1) is 5.75 Å². The lowest BCUT2D eigenvalue weighted by Crippen LogP contribution is -2.39. The lowest BCUT2D eigenvalue weighted by molar-refractivity contribution is 0.269. The molecule has 1 fully saturated rings. The molecule has 17 heavy (non-hydrogen) atoms. The van der Waals surface area contributed by atoms with Crippen LogP contribution in [0.25, 0.3) is 0 Å². The van der Waals surface area contributed by atoms with Gasteiger partial charge in [0.1, 0.15) is 0 Å². The zero-order valence-electron chi connectivity index (χ0n) is 11.2. The molecule has 1 saturated heterocycles. The minimum absolute atomic E-state index is 0.676. The zero-order valence-corrected chi connectivity index (χ0v) is 12.1. The molecule has 0 aromatic heterocycles. The standard InChI is InChI=1S/C14H26N2S/c1-4-9-17-10-8-16-7-5-6-15-14(12-16)11-13(2)3/h1,13-15H,5-12H2,2-3H3. The summed E-state index contributed by atoms with van der Waals surface area (Å²) in [5.74, 6) is 5.48. The molecule has 0 amide bonds. The molecule has 1 aliphatic rings. The van der Waals surface area contributed by atoms with E-state index in [0.29, 0.717) is 6.04 Å². The van der Waals surface area contributed by atoms with Gasteiger partial charge in [0.25, 0.3) is 0 Å². The molecule has 0 aromatic carbocycles. The predicted octanol–water partition coefficient (Wildman–Crippen LogP) is 2.06. The van der Waals surface area contributed by atoms with Crippen molar-refractivity contribution in [2.24, 2.45) is 5.92 Å². The third kappa shape index (κ3) is 6.98. The van der Waals surface area contributed by atoms with E-state index in [-0.39, 0.29) is 0 Å². The quantitative estimate of drug-likeness (QED) is 0.577. The maximum atomic E-state index is 5.26. The molecule has 0 aliphatic carbocycles. The van der Waals surface area contributed by atoms with Gasteiger partial charge in [0, 0.05) is 24.9 Å². The monoisotopic (exact) mass is 254 g/mol. The minimum Gasteiger partial charge on any atom is -0.313 e. The topological polar surface area (TPSA) is 15.3 Å². The summed E-state index contributed by atoms with van der Waals surface area (Å²) >= 11 is 1.87. The van der Waals surface area contributed by atoms with Crippen LogP contribution in [0.5, 0.6) is 0 Å². The molecule has 98 valence electrons. The lowest BCUT2D eigenvalue weighted by Gasteiger charge is -2.25. The van der Waals surface area contributed by atoms with E-state index in [1.807, 2.05) is 11.8 Å². The van der Waals surface area contributed by atoms with Crippen molar-refractivity contribution >= 4 is 11.8 Å². The summed E-state index contributed by atoms with van der Waals surface area (Å²) in [6.45, 7) is 9.40. The van der Waals surface area contributed by atoms with Crippen LogP contribution >= 0.6 is 11.8 Å². The van der Waals surface area contributed by atoms with Gasteiger partial charge >= 0.3 is 0 Å². The van der Waals surface area contributed by atoms with Crippen LogP contribution in [-0.4, -0.2) is 48.6 Å². The first-order valence-corrected chi connectivity index (χ1v) is 7.84. The normalized spacial score (nSPS) is 22.4. The zero-order chi connectivity index (χ0) is 12.5. The molecule has 1 unspecified atom stereocenters. The Labute approximate surface area is 111 Å². The number of nitrogens with zero attached hydrogens (tertiary/aromatic N) is 1. The third-order valence-corrected chi connectivity index (χ3v) is 3.90. The molecule has 3 heteroatoms. The van der Waals surface area contributed by atoms with Crippen LogP contribution in [0.2, 0.25) is 0 Å². The van der Waals surface area contributed by atoms with Crippen LogP contribution in [0.4, 0.5) is 0 Å². The molecule has 1 aliphatic heterocycles. The highest BCUT2D eigenvalue weighted by Crippen LogP contribution is 2.10. The highest BCUT2D eigenvalue weighted by molar-refractivity contribution is 7.99. The Morgan fingerprint density at radius 1 is 1.53 bits per heavy atom. The highest BCUT2D eigenvalue weighted by atomic mass is 32.2. The molecule has 0 spiro atoms. The first-order chi connectivity index (χ1) is 8.22. The molecule has 1 atom stereocenters. The SMILES string of the molecule is C#CCSCCN1CCCNC(CC(C)C)C1. The minimum atomic E-state index is 0.676. The number of nitrogens with one attached hydrogen (secondary N) is 1. The van der Waals surface area contributed by atoms with Crippen LogP contribution in [0.1, 0.15) is 26.7 Å². The number of rotatable bonds is 6. The van der Waals surface area contributed by atoms with Gasteiger partial charge < -0.3 is 10.2 Å². The van der Waals surface area contributed by atoms with Crippen molar-refractivity contribution in [2.75, 3.05) is 37.7 Å². The van der Waals surface area contributed by atoms with Crippen molar-refractivity contribution in [3.63, 3.8) is 0 Å². The van der Waals surface area contributed by atoms with Crippen molar-refractivity contribution < 1.29 is 0 Å². The Balaban J connectivity index is 2.25. The van der Waals surface area contributed by atoms with Gasteiger partial charge in [0.2, 0.25) is 0 Å². The second kappa shape index (κ2) is 8.85. The summed E-state index contributed by atoms with van der Waals surface area (Å²) in [6.07, 6.45) is 7.81. The smallest absolute Gasteiger partial charge is 0.0545 e. The van der Waals surface area contributed by atoms with E-state index in [2.05, 4.69) is 30.0 Å². The van der Waals surface area contributed by atoms with Crippen LogP contribution in [0.15, 0.2) is 0 Å². The summed E-state index contributed by atoms with van der Waals surface area (Å²) in [5.41, 5.74) is 0. The van der Waals surface area contributed by atoms with E-state index in [0.717, 1.165) is 11.7 Å². The van der Waals surface area contributed by atoms with Crippen LogP contribution < -0.4 is 5.32 Å². The second-order valence-corrected chi connectivity index (χ2v) is 6.30. The molecule has 1 rings (SSSR count). The van der Waals surface area contributed by atoms with Crippen molar-refractivity contribution in [1.82, 2.24) is 10.2 Å². The van der Waals surface area contributed by atoms with Crippen molar-refractivity contribution in [1.29, 1.82) is 0 Å². The third-order valence-electron chi connectivity index (χ3n) is 3.06. The lowest BCUT2D eigenvalue weighted by atomic mass is 10.0. The first kappa shape index (κ1) is 14.9. The van der Waals surface area contributed by atoms with Crippen molar-refractivity contribution in [2.45, 2.75) is 32.7 Å². The van der Waals surface area contributed by atoms with Gasteiger partial charge in [0.15, 0.2) is 0 Å². The van der Waals surface area contributed by atoms with Gasteiger partial charge in [-0.2, -0.15) is 0 Å². The van der Waals surface area contributed by atoms with E-state index in [1.54, 1.807) is 0 Å². The van der Waals surface area contributed by atoms with Gasteiger partial charge in [-0.25, -0.2) is 0 Å². The summed E-state index contributed by atoms with van der Waals surface area (Å²) in [4.78, 5) is 2.59. The highest BCUT2D eigenvalue weighted by Gasteiger charge is 2.17. The molecular formula is C14H26N2S. The molecule has 0 saturated carbocycles. The second-order valence-electron chi connectivity index (χ2n) is 5.19. The van der Waals surface area contributed by atoms with Gasteiger partial charge in [-0.15, -0.1) is 18.2 Å². The van der Waals surface area contributed by atoms with E-state index in [4.69, 9.17) is 6.42 Å². The fraction of sp³-hybridized carbons (Fsp3) is 0.857. The Morgan fingerprint density at radius 2 is 2.35 bits per heavy atom. The largest absolute Gasteiger partial charge is 0.313 e. The predicted molar refractivity (Wildman–Crippen MR) is 78.5 cm³/mol. The van der Waals surface area contributed by atoms with Crippen molar-refractivity contribution in [3.05, 3.63) is 0 Å². The van der Waals surface area contributed by atoms with E-state index >= 15 is 0 Å². The average Bonchev–Trinajstić information content (AvgIpc) is 2.49. The van der Waals surface area contributed by atoms with E-state index in [1.165, 1.54) is 44.8 Å².